The van der Waals surface area contributed by atoms with Crippen molar-refractivity contribution in [1.82, 2.24) is 9.55 Å². The highest BCUT2D eigenvalue weighted by atomic mass is 35.5. The third kappa shape index (κ3) is 2.74. The Bertz CT molecular complexity index is 578. The zero-order valence-electron chi connectivity index (χ0n) is 10.6. The van der Waals surface area contributed by atoms with E-state index in [0.29, 0.717) is 24.2 Å². The summed E-state index contributed by atoms with van der Waals surface area (Å²) in [4.78, 5) is 4.19. The molecule has 0 spiro atoms. The molecule has 0 saturated heterocycles. The predicted molar refractivity (Wildman–Crippen MR) is 74.2 cm³/mol. The lowest BCUT2D eigenvalue weighted by molar-refractivity contribution is 0.292. The molecule has 19 heavy (non-hydrogen) atoms. The second-order valence-corrected chi connectivity index (χ2v) is 5.20. The van der Waals surface area contributed by atoms with E-state index in [1.165, 1.54) is 12.8 Å². The molecule has 1 aromatic carbocycles. The van der Waals surface area contributed by atoms with E-state index >= 15 is 0 Å². The molecule has 1 aliphatic rings. The van der Waals surface area contributed by atoms with Gasteiger partial charge in [-0.25, -0.2) is 4.98 Å². The van der Waals surface area contributed by atoms with Crippen molar-refractivity contribution in [3.63, 3.8) is 0 Å². The molecule has 1 aliphatic carbocycles. The number of halogens is 1. The molecule has 5 heteroatoms. The molecule has 0 radical (unpaired) electrons. The Balaban J connectivity index is 1.73. The number of ether oxygens (including phenoxy) is 1. The Kier molecular flexibility index (Phi) is 3.44. The predicted octanol–water partition coefficient (Wildman–Crippen LogP) is 2.91. The maximum Gasteiger partial charge on any atom is 0.130 e. The summed E-state index contributed by atoms with van der Waals surface area (Å²) >= 11 is 5.95. The van der Waals surface area contributed by atoms with Gasteiger partial charge >= 0.3 is 0 Å². The first-order chi connectivity index (χ1) is 9.28. The van der Waals surface area contributed by atoms with Crippen LogP contribution in [-0.2, 0) is 13.2 Å². The first kappa shape index (κ1) is 12.5. The van der Waals surface area contributed by atoms with E-state index < -0.39 is 0 Å². The van der Waals surface area contributed by atoms with Gasteiger partial charge in [-0.15, -0.1) is 0 Å². The number of hydrogen-bond donors (Lipinski definition) is 1. The lowest BCUT2D eigenvalue weighted by atomic mass is 10.2. The fraction of sp³-hybridized carbons (Fsp3) is 0.357. The number of rotatable bonds is 5. The van der Waals surface area contributed by atoms with Crippen LogP contribution in [0.3, 0.4) is 0 Å². The fourth-order valence-corrected chi connectivity index (χ4v) is 2.32. The van der Waals surface area contributed by atoms with Gasteiger partial charge < -0.3 is 15.0 Å². The van der Waals surface area contributed by atoms with Crippen LogP contribution in [0.5, 0.6) is 5.75 Å². The van der Waals surface area contributed by atoms with Gasteiger partial charge in [-0.05, 0) is 31.0 Å². The lowest BCUT2D eigenvalue weighted by Gasteiger charge is -2.12. The molecule has 2 aromatic rings. The number of imidazole rings is 1. The van der Waals surface area contributed by atoms with Crippen LogP contribution in [0.4, 0.5) is 0 Å². The highest BCUT2D eigenvalue weighted by Crippen LogP contribution is 2.35. The average molecular weight is 278 g/mol. The van der Waals surface area contributed by atoms with Crippen LogP contribution in [0.15, 0.2) is 30.7 Å². The molecule has 100 valence electrons. The number of benzene rings is 1. The van der Waals surface area contributed by atoms with Gasteiger partial charge in [-0.2, -0.15) is 0 Å². The molecule has 4 nitrogen and oxygen atoms in total. The van der Waals surface area contributed by atoms with Gasteiger partial charge in [0.2, 0.25) is 0 Å². The van der Waals surface area contributed by atoms with Crippen LogP contribution >= 0.6 is 11.6 Å². The molecule has 1 saturated carbocycles. The van der Waals surface area contributed by atoms with Crippen molar-refractivity contribution in [3.05, 3.63) is 47.0 Å². The maximum atomic E-state index is 5.95. The molecule has 3 rings (SSSR count). The number of nitrogens with two attached hydrogens (primary N) is 1. The third-order valence-corrected chi connectivity index (χ3v) is 3.54. The van der Waals surface area contributed by atoms with Gasteiger partial charge in [-0.1, -0.05) is 11.6 Å². The van der Waals surface area contributed by atoms with Crippen LogP contribution < -0.4 is 10.5 Å². The van der Waals surface area contributed by atoms with Gasteiger partial charge in [0.05, 0.1) is 18.2 Å². The standard InChI is InChI=1S/C14H16ClN3O/c15-11-1-4-14(10(5-11)6-16)19-8-13-7-17-9-18(13)12-2-3-12/h1,4-5,7,9,12H,2-3,6,8,16H2. The summed E-state index contributed by atoms with van der Waals surface area (Å²) in [5.41, 5.74) is 7.72. The van der Waals surface area contributed by atoms with Gasteiger partial charge in [0.15, 0.2) is 0 Å². The molecule has 0 atom stereocenters. The summed E-state index contributed by atoms with van der Waals surface area (Å²) in [6.07, 6.45) is 6.20. The summed E-state index contributed by atoms with van der Waals surface area (Å²) in [6, 6.07) is 6.13. The second-order valence-electron chi connectivity index (χ2n) is 4.77. The number of hydrogen-bond acceptors (Lipinski definition) is 3. The number of aromatic nitrogens is 2. The van der Waals surface area contributed by atoms with Gasteiger partial charge in [0.1, 0.15) is 12.4 Å². The van der Waals surface area contributed by atoms with Crippen molar-refractivity contribution in [2.75, 3.05) is 0 Å². The van der Waals surface area contributed by atoms with Crippen LogP contribution in [0.2, 0.25) is 5.02 Å². The molecular formula is C14H16ClN3O. The molecule has 0 bridgehead atoms. The van der Waals surface area contributed by atoms with Crippen LogP contribution in [0.1, 0.15) is 30.1 Å². The minimum absolute atomic E-state index is 0.414. The summed E-state index contributed by atoms with van der Waals surface area (Å²) in [6.45, 7) is 0.920. The molecule has 1 fully saturated rings. The molecule has 0 amide bonds. The fourth-order valence-electron chi connectivity index (χ4n) is 2.13. The lowest BCUT2D eigenvalue weighted by Crippen LogP contribution is -2.06. The Morgan fingerprint density at radius 1 is 1.42 bits per heavy atom. The van der Waals surface area contributed by atoms with E-state index in [1.807, 2.05) is 30.7 Å². The van der Waals surface area contributed by atoms with E-state index in [-0.39, 0.29) is 0 Å². The smallest absolute Gasteiger partial charge is 0.130 e. The first-order valence-electron chi connectivity index (χ1n) is 6.40. The Labute approximate surface area is 117 Å². The van der Waals surface area contributed by atoms with E-state index in [9.17, 15) is 0 Å². The SMILES string of the molecule is NCc1cc(Cl)ccc1OCc1cncn1C1CC1. The second kappa shape index (κ2) is 5.23. The summed E-state index contributed by atoms with van der Waals surface area (Å²) in [5, 5.41) is 0.677. The highest BCUT2D eigenvalue weighted by Gasteiger charge is 2.25. The van der Waals surface area contributed by atoms with Crippen molar-refractivity contribution in [2.24, 2.45) is 5.73 Å². The summed E-state index contributed by atoms with van der Waals surface area (Å²) < 4.78 is 8.04. The molecule has 2 N–H and O–H groups in total. The minimum Gasteiger partial charge on any atom is -0.487 e. The van der Waals surface area contributed by atoms with Gasteiger partial charge in [-0.3, -0.25) is 0 Å². The average Bonchev–Trinajstić information content (AvgIpc) is 3.16. The number of nitrogens with zero attached hydrogens (tertiary/aromatic N) is 2. The van der Waals surface area contributed by atoms with E-state index in [4.69, 9.17) is 22.1 Å². The van der Waals surface area contributed by atoms with Gasteiger partial charge in [0, 0.05) is 23.2 Å². The molecule has 0 unspecified atom stereocenters. The summed E-state index contributed by atoms with van der Waals surface area (Å²) in [7, 11) is 0. The summed E-state index contributed by atoms with van der Waals surface area (Å²) in [5.74, 6) is 0.787. The van der Waals surface area contributed by atoms with E-state index in [2.05, 4.69) is 9.55 Å². The first-order valence-corrected chi connectivity index (χ1v) is 6.77. The van der Waals surface area contributed by atoms with Crippen molar-refractivity contribution in [3.8, 4) is 5.75 Å². The Morgan fingerprint density at radius 2 is 2.26 bits per heavy atom. The van der Waals surface area contributed by atoms with Crippen molar-refractivity contribution in [2.45, 2.75) is 32.0 Å². The zero-order valence-corrected chi connectivity index (χ0v) is 11.3. The van der Waals surface area contributed by atoms with Crippen LogP contribution in [0, 0.1) is 0 Å². The van der Waals surface area contributed by atoms with E-state index in [0.717, 1.165) is 17.0 Å². The minimum atomic E-state index is 0.414. The van der Waals surface area contributed by atoms with Crippen LogP contribution in [0.25, 0.3) is 0 Å². The topological polar surface area (TPSA) is 53.1 Å². The van der Waals surface area contributed by atoms with E-state index in [1.54, 1.807) is 0 Å². The van der Waals surface area contributed by atoms with Crippen molar-refractivity contribution < 1.29 is 4.74 Å². The molecular weight excluding hydrogens is 262 g/mol. The Morgan fingerprint density at radius 3 is 3.00 bits per heavy atom. The third-order valence-electron chi connectivity index (χ3n) is 3.30. The normalized spacial score (nSPS) is 14.6. The van der Waals surface area contributed by atoms with Crippen molar-refractivity contribution >= 4 is 11.6 Å². The highest BCUT2D eigenvalue weighted by molar-refractivity contribution is 6.30. The largest absolute Gasteiger partial charge is 0.487 e. The van der Waals surface area contributed by atoms with Gasteiger partial charge in [0.25, 0.3) is 0 Å². The quantitative estimate of drug-likeness (QED) is 0.914. The van der Waals surface area contributed by atoms with Crippen molar-refractivity contribution in [1.29, 1.82) is 0 Å². The zero-order chi connectivity index (χ0) is 13.2. The maximum absolute atomic E-state index is 5.95. The monoisotopic (exact) mass is 277 g/mol. The molecule has 1 heterocycles. The molecule has 1 aromatic heterocycles. The Hall–Kier alpha value is -1.52. The van der Waals surface area contributed by atoms with Crippen LogP contribution in [-0.4, -0.2) is 9.55 Å². The molecule has 0 aliphatic heterocycles.